The molecule has 1 N–H and O–H groups in total. The van der Waals surface area contributed by atoms with Gasteiger partial charge in [0.05, 0.1) is 10.6 Å². The van der Waals surface area contributed by atoms with Crippen molar-refractivity contribution in [1.29, 1.82) is 0 Å². The van der Waals surface area contributed by atoms with Gasteiger partial charge in [-0.25, -0.2) is 13.4 Å². The van der Waals surface area contributed by atoms with Crippen LogP contribution in [0.2, 0.25) is 0 Å². The fraction of sp³-hybridized carbons (Fsp3) is 0.333. The summed E-state index contributed by atoms with van der Waals surface area (Å²) in [7, 11) is -3.57. The molecular weight excluding hydrogens is 382 g/mol. The van der Waals surface area contributed by atoms with Gasteiger partial charge in [0.25, 0.3) is 5.69 Å². The highest BCUT2D eigenvalue weighted by Gasteiger charge is 2.21. The molecule has 0 atom stereocenters. The topological polar surface area (TPSA) is 118 Å². The van der Waals surface area contributed by atoms with Crippen LogP contribution in [0.1, 0.15) is 31.9 Å². The van der Waals surface area contributed by atoms with E-state index in [-0.39, 0.29) is 10.6 Å². The van der Waals surface area contributed by atoms with Crippen LogP contribution in [-0.4, -0.2) is 41.4 Å². The van der Waals surface area contributed by atoms with Crippen molar-refractivity contribution in [2.24, 2.45) is 5.10 Å². The van der Waals surface area contributed by atoms with E-state index in [1.165, 1.54) is 28.7 Å². The number of aryl methyl sites for hydroxylation is 1. The third-order valence-electron chi connectivity index (χ3n) is 4.24. The molecule has 0 radical (unpaired) electrons. The highest BCUT2D eigenvalue weighted by molar-refractivity contribution is 7.89. The molecule has 2 aromatic rings. The molecule has 2 rings (SSSR count). The van der Waals surface area contributed by atoms with Crippen LogP contribution in [0.15, 0.2) is 46.5 Å². The van der Waals surface area contributed by atoms with Crippen molar-refractivity contribution >= 4 is 27.2 Å². The fourth-order valence-corrected chi connectivity index (χ4v) is 3.95. The van der Waals surface area contributed by atoms with E-state index in [9.17, 15) is 18.5 Å². The van der Waals surface area contributed by atoms with Gasteiger partial charge in [-0.05, 0) is 26.0 Å². The van der Waals surface area contributed by atoms with Gasteiger partial charge in [-0.1, -0.05) is 26.0 Å². The smallest absolute Gasteiger partial charge is 0.261 e. The summed E-state index contributed by atoms with van der Waals surface area (Å²) < 4.78 is 26.3. The summed E-state index contributed by atoms with van der Waals surface area (Å²) in [5.41, 5.74) is 4.47. The standard InChI is InChI=1S/C18H23N5O4S/c1-5-22(6-2)28(26,27)16-9-10-18(19-12-16)21-20-14(4)15-8-7-13(3)17(11-15)23(24)25/h7-12H,5-6H2,1-4H3,(H,19,21). The average molecular weight is 405 g/mol. The lowest BCUT2D eigenvalue weighted by atomic mass is 10.1. The first kappa shape index (κ1) is 21.5. The highest BCUT2D eigenvalue weighted by atomic mass is 32.2. The molecular formula is C18H23N5O4S. The number of pyridine rings is 1. The summed E-state index contributed by atoms with van der Waals surface area (Å²) in [6.45, 7) is 7.69. The Kier molecular flexibility index (Phi) is 6.81. The first-order valence-corrected chi connectivity index (χ1v) is 10.2. The molecule has 1 aromatic heterocycles. The van der Waals surface area contributed by atoms with E-state index >= 15 is 0 Å². The zero-order valence-electron chi connectivity index (χ0n) is 16.2. The number of hydrogen-bond donors (Lipinski definition) is 1. The normalized spacial score (nSPS) is 12.2. The Balaban J connectivity index is 2.19. The molecule has 0 aliphatic carbocycles. The van der Waals surface area contributed by atoms with Crippen molar-refractivity contribution in [3.05, 3.63) is 57.8 Å². The summed E-state index contributed by atoms with van der Waals surface area (Å²) >= 11 is 0. The van der Waals surface area contributed by atoms with Crippen molar-refractivity contribution in [2.45, 2.75) is 32.6 Å². The number of nitro benzene ring substituents is 1. The van der Waals surface area contributed by atoms with Crippen LogP contribution in [-0.2, 0) is 10.0 Å². The van der Waals surface area contributed by atoms with Crippen LogP contribution in [0.3, 0.4) is 0 Å². The number of nitrogens with zero attached hydrogens (tertiary/aromatic N) is 4. The molecule has 10 heteroatoms. The molecule has 1 aromatic carbocycles. The number of sulfonamides is 1. The molecule has 0 aliphatic rings. The average Bonchev–Trinajstić information content (AvgIpc) is 2.67. The first-order valence-electron chi connectivity index (χ1n) is 8.72. The number of hydrogen-bond acceptors (Lipinski definition) is 7. The number of hydrazone groups is 1. The van der Waals surface area contributed by atoms with Crippen LogP contribution in [0.25, 0.3) is 0 Å². The lowest BCUT2D eigenvalue weighted by Gasteiger charge is -2.18. The van der Waals surface area contributed by atoms with Crippen molar-refractivity contribution in [3.8, 4) is 0 Å². The van der Waals surface area contributed by atoms with Crippen LogP contribution in [0.4, 0.5) is 11.5 Å². The molecule has 0 unspecified atom stereocenters. The summed E-state index contributed by atoms with van der Waals surface area (Å²) in [6, 6.07) is 7.85. The van der Waals surface area contributed by atoms with E-state index in [0.29, 0.717) is 35.7 Å². The lowest BCUT2D eigenvalue weighted by Crippen LogP contribution is -2.30. The fourth-order valence-electron chi connectivity index (χ4n) is 2.55. The summed E-state index contributed by atoms with van der Waals surface area (Å²) in [4.78, 5) is 14.8. The number of aromatic nitrogens is 1. The Hall–Kier alpha value is -2.85. The van der Waals surface area contributed by atoms with E-state index < -0.39 is 14.9 Å². The van der Waals surface area contributed by atoms with Crippen molar-refractivity contribution < 1.29 is 13.3 Å². The second-order valence-corrected chi connectivity index (χ2v) is 7.97. The Morgan fingerprint density at radius 3 is 2.46 bits per heavy atom. The van der Waals surface area contributed by atoms with Gasteiger partial charge in [-0.3, -0.25) is 15.5 Å². The van der Waals surface area contributed by atoms with Gasteiger partial charge in [0, 0.05) is 36.5 Å². The lowest BCUT2D eigenvalue weighted by molar-refractivity contribution is -0.385. The van der Waals surface area contributed by atoms with Crippen LogP contribution in [0.5, 0.6) is 0 Å². The van der Waals surface area contributed by atoms with Gasteiger partial charge < -0.3 is 0 Å². The summed E-state index contributed by atoms with van der Waals surface area (Å²) in [5.74, 6) is 0.361. The maximum Gasteiger partial charge on any atom is 0.272 e. The van der Waals surface area contributed by atoms with Crippen molar-refractivity contribution in [2.75, 3.05) is 18.5 Å². The van der Waals surface area contributed by atoms with Crippen molar-refractivity contribution in [1.82, 2.24) is 9.29 Å². The monoisotopic (exact) mass is 405 g/mol. The van der Waals surface area contributed by atoms with Gasteiger partial charge >= 0.3 is 0 Å². The van der Waals surface area contributed by atoms with E-state index in [2.05, 4.69) is 15.5 Å². The molecule has 0 saturated carbocycles. The SMILES string of the molecule is CCN(CC)S(=O)(=O)c1ccc(NN=C(C)c2ccc(C)c([N+](=O)[O-])c2)nc1. The van der Waals surface area contributed by atoms with Crippen LogP contribution >= 0.6 is 0 Å². The zero-order valence-corrected chi connectivity index (χ0v) is 17.0. The molecule has 0 bridgehead atoms. The minimum Gasteiger partial charge on any atom is -0.261 e. The third kappa shape index (κ3) is 4.70. The molecule has 9 nitrogen and oxygen atoms in total. The van der Waals surface area contributed by atoms with E-state index in [1.54, 1.807) is 39.8 Å². The maximum atomic E-state index is 12.5. The molecule has 0 amide bonds. The van der Waals surface area contributed by atoms with Gasteiger partial charge in [-0.15, -0.1) is 0 Å². The Labute approximate surface area is 164 Å². The predicted molar refractivity (Wildman–Crippen MR) is 108 cm³/mol. The van der Waals surface area contributed by atoms with E-state index in [1.807, 2.05) is 0 Å². The van der Waals surface area contributed by atoms with Crippen LogP contribution in [0, 0.1) is 17.0 Å². The Morgan fingerprint density at radius 2 is 1.93 bits per heavy atom. The molecule has 0 fully saturated rings. The third-order valence-corrected chi connectivity index (χ3v) is 6.27. The number of anilines is 1. The summed E-state index contributed by atoms with van der Waals surface area (Å²) in [5, 5.41) is 15.2. The van der Waals surface area contributed by atoms with Gasteiger partial charge in [0.2, 0.25) is 10.0 Å². The first-order chi connectivity index (χ1) is 13.2. The predicted octanol–water partition coefficient (Wildman–Crippen LogP) is 3.16. The van der Waals surface area contributed by atoms with E-state index in [4.69, 9.17) is 0 Å². The minimum atomic E-state index is -3.57. The summed E-state index contributed by atoms with van der Waals surface area (Å²) in [6.07, 6.45) is 1.28. The molecule has 0 aliphatic heterocycles. The van der Waals surface area contributed by atoms with Gasteiger partial charge in [0.15, 0.2) is 0 Å². The molecule has 150 valence electrons. The second-order valence-electron chi connectivity index (χ2n) is 6.04. The van der Waals surface area contributed by atoms with Crippen LogP contribution < -0.4 is 5.43 Å². The number of nitrogens with one attached hydrogen (secondary N) is 1. The zero-order chi connectivity index (χ0) is 20.9. The molecule has 0 saturated heterocycles. The second kappa shape index (κ2) is 8.89. The minimum absolute atomic E-state index is 0.0242. The maximum absolute atomic E-state index is 12.5. The Morgan fingerprint density at radius 1 is 1.25 bits per heavy atom. The largest absolute Gasteiger partial charge is 0.272 e. The highest BCUT2D eigenvalue weighted by Crippen LogP contribution is 2.20. The van der Waals surface area contributed by atoms with Crippen molar-refractivity contribution in [3.63, 3.8) is 0 Å². The number of benzene rings is 1. The Bertz CT molecular complexity index is 984. The van der Waals surface area contributed by atoms with Gasteiger partial charge in [-0.2, -0.15) is 9.41 Å². The molecule has 0 spiro atoms. The number of rotatable bonds is 8. The quantitative estimate of drug-likeness (QED) is 0.409. The van der Waals surface area contributed by atoms with E-state index in [0.717, 1.165) is 0 Å². The van der Waals surface area contributed by atoms with Gasteiger partial charge in [0.1, 0.15) is 10.7 Å². The molecule has 1 heterocycles. The number of nitro groups is 1. The molecule has 28 heavy (non-hydrogen) atoms.